The van der Waals surface area contributed by atoms with Gasteiger partial charge >= 0.3 is 0 Å². The SMILES string of the molecule is Cc1ccc(Sc2ccc(NC(=O)C3CCN(c4cnccn4)CC3)cc2)c(C)c1. The Kier molecular flexibility index (Phi) is 6.33. The molecule has 0 radical (unpaired) electrons. The van der Waals surface area contributed by atoms with Crippen molar-refractivity contribution >= 4 is 29.2 Å². The van der Waals surface area contributed by atoms with Gasteiger partial charge in [-0.25, -0.2) is 4.98 Å². The number of hydrogen-bond acceptors (Lipinski definition) is 5. The van der Waals surface area contributed by atoms with Gasteiger partial charge in [-0.3, -0.25) is 9.78 Å². The minimum atomic E-state index is 0.0298. The number of rotatable bonds is 5. The predicted octanol–water partition coefficient (Wildman–Crippen LogP) is 5.10. The zero-order valence-corrected chi connectivity index (χ0v) is 18.2. The van der Waals surface area contributed by atoms with Gasteiger partial charge in [0.25, 0.3) is 0 Å². The molecule has 0 unspecified atom stereocenters. The Morgan fingerprint density at radius 1 is 1.07 bits per heavy atom. The molecule has 0 bridgehead atoms. The maximum absolute atomic E-state index is 12.7. The molecule has 1 fully saturated rings. The molecule has 1 N–H and O–H groups in total. The van der Waals surface area contributed by atoms with Gasteiger partial charge in [-0.1, -0.05) is 29.5 Å². The van der Waals surface area contributed by atoms with Crippen LogP contribution in [0.4, 0.5) is 11.5 Å². The molecule has 3 aromatic rings. The van der Waals surface area contributed by atoms with Crippen LogP contribution >= 0.6 is 11.8 Å². The van der Waals surface area contributed by atoms with Gasteiger partial charge in [-0.2, -0.15) is 0 Å². The molecule has 1 amide bonds. The van der Waals surface area contributed by atoms with Crippen LogP contribution in [0.25, 0.3) is 0 Å². The number of carbonyl (C=O) groups is 1. The lowest BCUT2D eigenvalue weighted by Gasteiger charge is -2.31. The van der Waals surface area contributed by atoms with Gasteiger partial charge in [0.15, 0.2) is 0 Å². The molecule has 0 aliphatic carbocycles. The van der Waals surface area contributed by atoms with Gasteiger partial charge in [-0.05, 0) is 62.6 Å². The van der Waals surface area contributed by atoms with Crippen molar-refractivity contribution in [2.24, 2.45) is 5.92 Å². The molecule has 2 heterocycles. The first kappa shape index (κ1) is 20.4. The van der Waals surface area contributed by atoms with Crippen LogP contribution in [-0.4, -0.2) is 29.0 Å². The van der Waals surface area contributed by atoms with Crippen molar-refractivity contribution in [3.05, 3.63) is 72.2 Å². The molecule has 0 saturated carbocycles. The normalized spacial score (nSPS) is 14.5. The second-order valence-electron chi connectivity index (χ2n) is 7.71. The molecule has 154 valence electrons. The zero-order valence-electron chi connectivity index (χ0n) is 17.3. The van der Waals surface area contributed by atoms with E-state index in [1.807, 2.05) is 12.1 Å². The van der Waals surface area contributed by atoms with Crippen molar-refractivity contribution in [1.82, 2.24) is 9.97 Å². The minimum Gasteiger partial charge on any atom is -0.355 e. The maximum Gasteiger partial charge on any atom is 0.227 e. The molecule has 1 aliphatic rings. The van der Waals surface area contributed by atoms with Crippen LogP contribution < -0.4 is 10.2 Å². The van der Waals surface area contributed by atoms with E-state index in [1.54, 1.807) is 30.4 Å². The summed E-state index contributed by atoms with van der Waals surface area (Å²) in [4.78, 5) is 25.8. The first-order chi connectivity index (χ1) is 14.6. The third-order valence-corrected chi connectivity index (χ3v) is 6.61. The van der Waals surface area contributed by atoms with Gasteiger partial charge in [0.1, 0.15) is 5.82 Å². The summed E-state index contributed by atoms with van der Waals surface area (Å²) in [6.07, 6.45) is 6.80. The monoisotopic (exact) mass is 418 g/mol. The Morgan fingerprint density at radius 2 is 1.83 bits per heavy atom. The van der Waals surface area contributed by atoms with Crippen LogP contribution in [0.5, 0.6) is 0 Å². The predicted molar refractivity (Wildman–Crippen MR) is 122 cm³/mol. The highest BCUT2D eigenvalue weighted by atomic mass is 32.2. The number of benzene rings is 2. The van der Waals surface area contributed by atoms with E-state index in [-0.39, 0.29) is 11.8 Å². The van der Waals surface area contributed by atoms with E-state index >= 15 is 0 Å². The standard InChI is InChI=1S/C24H26N4OS/c1-17-3-8-22(18(2)15-17)30-21-6-4-20(5-7-21)27-24(29)19-9-13-28(14-10-19)23-16-25-11-12-26-23/h3-8,11-12,15-16,19H,9-10,13-14H2,1-2H3,(H,27,29). The first-order valence-corrected chi connectivity index (χ1v) is 11.1. The minimum absolute atomic E-state index is 0.0298. The Hall–Kier alpha value is -2.86. The van der Waals surface area contributed by atoms with Crippen LogP contribution in [0, 0.1) is 19.8 Å². The van der Waals surface area contributed by atoms with E-state index in [4.69, 9.17) is 0 Å². The highest BCUT2D eigenvalue weighted by Crippen LogP contribution is 2.31. The highest BCUT2D eigenvalue weighted by Gasteiger charge is 2.25. The van der Waals surface area contributed by atoms with Gasteiger partial charge in [0.2, 0.25) is 5.91 Å². The largest absolute Gasteiger partial charge is 0.355 e. The summed E-state index contributed by atoms with van der Waals surface area (Å²) in [5.74, 6) is 1.01. The van der Waals surface area contributed by atoms with E-state index in [9.17, 15) is 4.79 Å². The summed E-state index contributed by atoms with van der Waals surface area (Å²) in [6.45, 7) is 5.89. The Labute approximate surface area is 181 Å². The molecular formula is C24H26N4OS. The van der Waals surface area contributed by atoms with Crippen LogP contribution in [0.2, 0.25) is 0 Å². The van der Waals surface area contributed by atoms with Crippen molar-refractivity contribution < 1.29 is 4.79 Å². The number of aryl methyl sites for hydroxylation is 2. The van der Waals surface area contributed by atoms with Crippen LogP contribution in [0.3, 0.4) is 0 Å². The van der Waals surface area contributed by atoms with Gasteiger partial charge < -0.3 is 10.2 Å². The first-order valence-electron chi connectivity index (χ1n) is 10.3. The molecule has 0 atom stereocenters. The summed E-state index contributed by atoms with van der Waals surface area (Å²) in [7, 11) is 0. The fourth-order valence-electron chi connectivity index (χ4n) is 3.72. The van der Waals surface area contributed by atoms with E-state index in [2.05, 4.69) is 64.4 Å². The number of hydrogen-bond donors (Lipinski definition) is 1. The van der Waals surface area contributed by atoms with Crippen molar-refractivity contribution in [2.45, 2.75) is 36.5 Å². The molecular weight excluding hydrogens is 392 g/mol. The lowest BCUT2D eigenvalue weighted by atomic mass is 9.96. The highest BCUT2D eigenvalue weighted by molar-refractivity contribution is 7.99. The molecule has 6 heteroatoms. The van der Waals surface area contributed by atoms with Crippen LogP contribution in [0.15, 0.2) is 70.8 Å². The number of aromatic nitrogens is 2. The topological polar surface area (TPSA) is 58.1 Å². The number of nitrogens with one attached hydrogen (secondary N) is 1. The second-order valence-corrected chi connectivity index (χ2v) is 8.82. The van der Waals surface area contributed by atoms with Gasteiger partial charge in [0, 0.05) is 46.9 Å². The number of amides is 1. The maximum atomic E-state index is 12.7. The Bertz CT molecular complexity index is 999. The summed E-state index contributed by atoms with van der Waals surface area (Å²) in [5, 5.41) is 3.08. The molecule has 4 rings (SSSR count). The molecule has 30 heavy (non-hydrogen) atoms. The number of carbonyl (C=O) groups excluding carboxylic acids is 1. The fraction of sp³-hybridized carbons (Fsp3) is 0.292. The number of piperidine rings is 1. The summed E-state index contributed by atoms with van der Waals surface area (Å²) < 4.78 is 0. The average molecular weight is 419 g/mol. The zero-order chi connectivity index (χ0) is 20.9. The van der Waals surface area contributed by atoms with Crippen LogP contribution in [-0.2, 0) is 4.79 Å². The molecule has 2 aromatic carbocycles. The molecule has 5 nitrogen and oxygen atoms in total. The molecule has 0 spiro atoms. The Morgan fingerprint density at radius 3 is 2.50 bits per heavy atom. The summed E-state index contributed by atoms with van der Waals surface area (Å²) in [5.41, 5.74) is 3.41. The van der Waals surface area contributed by atoms with Crippen molar-refractivity contribution in [3.63, 3.8) is 0 Å². The van der Waals surface area contributed by atoms with Crippen molar-refractivity contribution in [1.29, 1.82) is 0 Å². The van der Waals surface area contributed by atoms with Crippen molar-refractivity contribution in [3.8, 4) is 0 Å². The van der Waals surface area contributed by atoms with E-state index < -0.39 is 0 Å². The summed E-state index contributed by atoms with van der Waals surface area (Å²) in [6, 6.07) is 14.6. The van der Waals surface area contributed by atoms with Crippen molar-refractivity contribution in [2.75, 3.05) is 23.3 Å². The Balaban J connectivity index is 1.31. The van der Waals surface area contributed by atoms with E-state index in [0.717, 1.165) is 42.3 Å². The lowest BCUT2D eigenvalue weighted by molar-refractivity contribution is -0.120. The quantitative estimate of drug-likeness (QED) is 0.625. The fourth-order valence-corrected chi connectivity index (χ4v) is 4.60. The molecule has 1 aromatic heterocycles. The van der Waals surface area contributed by atoms with Crippen LogP contribution in [0.1, 0.15) is 24.0 Å². The van der Waals surface area contributed by atoms with Gasteiger partial charge in [0.05, 0.1) is 6.20 Å². The van der Waals surface area contributed by atoms with E-state index in [0.29, 0.717) is 0 Å². The number of nitrogens with zero attached hydrogens (tertiary/aromatic N) is 3. The molecule has 1 saturated heterocycles. The smallest absolute Gasteiger partial charge is 0.227 e. The third kappa shape index (κ3) is 5.00. The number of anilines is 2. The lowest BCUT2D eigenvalue weighted by Crippen LogP contribution is -2.38. The molecule has 1 aliphatic heterocycles. The average Bonchev–Trinajstić information content (AvgIpc) is 2.78. The van der Waals surface area contributed by atoms with E-state index in [1.165, 1.54) is 16.0 Å². The second kappa shape index (κ2) is 9.30. The third-order valence-electron chi connectivity index (χ3n) is 5.42. The van der Waals surface area contributed by atoms with Gasteiger partial charge in [-0.15, -0.1) is 0 Å². The summed E-state index contributed by atoms with van der Waals surface area (Å²) >= 11 is 1.75.